The van der Waals surface area contributed by atoms with Gasteiger partial charge in [0.2, 0.25) is 5.91 Å². The number of aryl methyl sites for hydroxylation is 1. The van der Waals surface area contributed by atoms with Crippen molar-refractivity contribution < 1.29 is 9.53 Å². The predicted molar refractivity (Wildman–Crippen MR) is 95.1 cm³/mol. The van der Waals surface area contributed by atoms with Crippen LogP contribution in [0.5, 0.6) is 0 Å². The molecule has 2 aromatic rings. The summed E-state index contributed by atoms with van der Waals surface area (Å²) < 4.78 is 9.49. The van der Waals surface area contributed by atoms with Crippen molar-refractivity contribution in [2.24, 2.45) is 7.05 Å². The summed E-state index contributed by atoms with van der Waals surface area (Å²) in [5, 5.41) is 16.4. The zero-order valence-corrected chi connectivity index (χ0v) is 15.0. The molecule has 8 nitrogen and oxygen atoms in total. The highest BCUT2D eigenvalue weighted by molar-refractivity contribution is 7.99. The monoisotopic (exact) mass is 362 g/mol. The lowest BCUT2D eigenvalue weighted by molar-refractivity contribution is -0.118. The number of rotatable bonds is 8. The second-order valence-corrected chi connectivity index (χ2v) is 6.75. The van der Waals surface area contributed by atoms with Crippen molar-refractivity contribution in [3.63, 3.8) is 0 Å². The van der Waals surface area contributed by atoms with Gasteiger partial charge in [-0.2, -0.15) is 5.10 Å². The Morgan fingerprint density at radius 3 is 3.12 bits per heavy atom. The lowest BCUT2D eigenvalue weighted by Gasteiger charge is -2.13. The fourth-order valence-corrected chi connectivity index (χ4v) is 3.42. The van der Waals surface area contributed by atoms with Gasteiger partial charge in [-0.05, 0) is 18.9 Å². The van der Waals surface area contributed by atoms with E-state index in [1.807, 2.05) is 23.9 Å². The van der Waals surface area contributed by atoms with Crippen LogP contribution in [0.15, 0.2) is 30.1 Å². The molecule has 3 rings (SSSR count). The third-order valence-corrected chi connectivity index (χ3v) is 4.81. The van der Waals surface area contributed by atoms with Crippen LogP contribution in [-0.4, -0.2) is 55.5 Å². The molecule has 0 spiro atoms. The molecule has 134 valence electrons. The Morgan fingerprint density at radius 2 is 2.44 bits per heavy atom. The van der Waals surface area contributed by atoms with Crippen LogP contribution in [0, 0.1) is 0 Å². The molecule has 1 atom stereocenters. The maximum atomic E-state index is 11.8. The third-order valence-electron chi connectivity index (χ3n) is 3.85. The minimum Gasteiger partial charge on any atom is -0.376 e. The molecule has 9 heteroatoms. The minimum atomic E-state index is -0.0593. The van der Waals surface area contributed by atoms with Gasteiger partial charge in [-0.15, -0.1) is 16.8 Å². The number of hydrogen-bond donors (Lipinski definition) is 1. The third kappa shape index (κ3) is 4.49. The van der Waals surface area contributed by atoms with E-state index in [0.717, 1.165) is 25.1 Å². The number of amides is 1. The zero-order chi connectivity index (χ0) is 17.6. The Morgan fingerprint density at radius 1 is 1.56 bits per heavy atom. The first kappa shape index (κ1) is 17.7. The maximum absolute atomic E-state index is 11.8. The van der Waals surface area contributed by atoms with Gasteiger partial charge in [0.15, 0.2) is 11.0 Å². The Balaban J connectivity index is 1.77. The van der Waals surface area contributed by atoms with Crippen molar-refractivity contribution >= 4 is 17.7 Å². The molecular formula is C16H22N6O2S. The van der Waals surface area contributed by atoms with Crippen LogP contribution >= 0.6 is 11.8 Å². The Bertz CT molecular complexity index is 735. The molecule has 0 aliphatic carbocycles. The second kappa shape index (κ2) is 8.30. The van der Waals surface area contributed by atoms with Gasteiger partial charge in [0.05, 0.1) is 18.4 Å². The molecule has 25 heavy (non-hydrogen) atoms. The molecule has 1 aliphatic heterocycles. The summed E-state index contributed by atoms with van der Waals surface area (Å²) in [6.07, 6.45) is 5.76. The Kier molecular flexibility index (Phi) is 5.87. The van der Waals surface area contributed by atoms with E-state index in [9.17, 15) is 4.79 Å². The van der Waals surface area contributed by atoms with Gasteiger partial charge in [0.25, 0.3) is 0 Å². The fraction of sp³-hybridized carbons (Fsp3) is 0.500. The number of ether oxygens (including phenoxy) is 1. The summed E-state index contributed by atoms with van der Waals surface area (Å²) in [5.74, 6) is 0.917. The summed E-state index contributed by atoms with van der Waals surface area (Å²) in [6, 6.07) is 1.90. The van der Waals surface area contributed by atoms with E-state index in [-0.39, 0.29) is 17.8 Å². The van der Waals surface area contributed by atoms with Crippen LogP contribution in [0.4, 0.5) is 0 Å². The topological polar surface area (TPSA) is 86.9 Å². The molecule has 1 N–H and O–H groups in total. The summed E-state index contributed by atoms with van der Waals surface area (Å²) in [7, 11) is 1.86. The number of aromatic nitrogens is 5. The SMILES string of the molecule is C=CCNC(=O)CSc1nnc(-c2ccn(C)n2)n1C[C@H]1CCCO1. The first-order chi connectivity index (χ1) is 12.2. The predicted octanol–water partition coefficient (Wildman–Crippen LogP) is 1.25. The van der Waals surface area contributed by atoms with E-state index < -0.39 is 0 Å². The highest BCUT2D eigenvalue weighted by Crippen LogP contribution is 2.25. The smallest absolute Gasteiger partial charge is 0.230 e. The summed E-state index contributed by atoms with van der Waals surface area (Å²) in [4.78, 5) is 11.8. The van der Waals surface area contributed by atoms with Crippen LogP contribution < -0.4 is 5.32 Å². The Labute approximate surface area is 150 Å². The Hall–Kier alpha value is -2.13. The molecule has 1 amide bonds. The molecule has 1 aliphatic rings. The first-order valence-electron chi connectivity index (χ1n) is 8.22. The van der Waals surface area contributed by atoms with E-state index in [1.165, 1.54) is 11.8 Å². The van der Waals surface area contributed by atoms with Gasteiger partial charge in [0, 0.05) is 26.4 Å². The van der Waals surface area contributed by atoms with Crippen LogP contribution in [0.1, 0.15) is 12.8 Å². The van der Waals surface area contributed by atoms with Gasteiger partial charge in [0.1, 0.15) is 5.69 Å². The number of thioether (sulfide) groups is 1. The van der Waals surface area contributed by atoms with Crippen LogP contribution in [0.25, 0.3) is 11.5 Å². The average molecular weight is 362 g/mol. The molecule has 2 aromatic heterocycles. The van der Waals surface area contributed by atoms with Crippen molar-refractivity contribution in [2.75, 3.05) is 18.9 Å². The second-order valence-electron chi connectivity index (χ2n) is 5.81. The van der Waals surface area contributed by atoms with E-state index in [4.69, 9.17) is 4.74 Å². The standard InChI is InChI=1S/C16H22N6O2S/c1-3-7-17-14(23)11-25-16-19-18-15(13-6-8-21(2)20-13)22(16)10-12-5-4-9-24-12/h3,6,8,12H,1,4-5,7,9-11H2,2H3,(H,17,23)/t12-/m1/s1. The van der Waals surface area contributed by atoms with Crippen LogP contribution in [0.3, 0.4) is 0 Å². The number of carbonyl (C=O) groups excluding carboxylic acids is 1. The van der Waals surface area contributed by atoms with Gasteiger partial charge in [-0.1, -0.05) is 17.8 Å². The number of hydrogen-bond acceptors (Lipinski definition) is 6. The molecule has 1 fully saturated rings. The van der Waals surface area contributed by atoms with Crippen molar-refractivity contribution in [1.82, 2.24) is 29.9 Å². The molecule has 0 saturated carbocycles. The van der Waals surface area contributed by atoms with Crippen molar-refractivity contribution in [3.05, 3.63) is 24.9 Å². The van der Waals surface area contributed by atoms with Gasteiger partial charge >= 0.3 is 0 Å². The van der Waals surface area contributed by atoms with Crippen molar-refractivity contribution in [3.8, 4) is 11.5 Å². The van der Waals surface area contributed by atoms with Crippen molar-refractivity contribution in [1.29, 1.82) is 0 Å². The summed E-state index contributed by atoms with van der Waals surface area (Å²) in [5.41, 5.74) is 0.760. The highest BCUT2D eigenvalue weighted by atomic mass is 32.2. The largest absolute Gasteiger partial charge is 0.376 e. The van der Waals surface area contributed by atoms with E-state index in [0.29, 0.717) is 24.1 Å². The highest BCUT2D eigenvalue weighted by Gasteiger charge is 2.23. The van der Waals surface area contributed by atoms with Gasteiger partial charge < -0.3 is 10.1 Å². The minimum absolute atomic E-state index is 0.0593. The molecule has 1 saturated heterocycles. The van der Waals surface area contributed by atoms with E-state index >= 15 is 0 Å². The van der Waals surface area contributed by atoms with E-state index in [2.05, 4.69) is 27.2 Å². The van der Waals surface area contributed by atoms with Crippen LogP contribution in [-0.2, 0) is 23.1 Å². The zero-order valence-electron chi connectivity index (χ0n) is 14.2. The lowest BCUT2D eigenvalue weighted by Crippen LogP contribution is -2.25. The fourth-order valence-electron chi connectivity index (χ4n) is 2.64. The molecule has 3 heterocycles. The quantitative estimate of drug-likeness (QED) is 0.562. The number of carbonyl (C=O) groups is 1. The number of nitrogens with one attached hydrogen (secondary N) is 1. The lowest BCUT2D eigenvalue weighted by atomic mass is 10.2. The molecular weight excluding hydrogens is 340 g/mol. The molecule has 0 bridgehead atoms. The summed E-state index contributed by atoms with van der Waals surface area (Å²) >= 11 is 1.36. The maximum Gasteiger partial charge on any atom is 0.230 e. The normalized spacial score (nSPS) is 16.9. The van der Waals surface area contributed by atoms with Gasteiger partial charge in [-0.3, -0.25) is 14.0 Å². The average Bonchev–Trinajstić information content (AvgIpc) is 3.33. The number of nitrogens with zero attached hydrogens (tertiary/aromatic N) is 5. The first-order valence-corrected chi connectivity index (χ1v) is 9.21. The summed E-state index contributed by atoms with van der Waals surface area (Å²) in [6.45, 7) is 5.50. The van der Waals surface area contributed by atoms with E-state index in [1.54, 1.807) is 10.8 Å². The molecule has 0 aromatic carbocycles. The van der Waals surface area contributed by atoms with Gasteiger partial charge in [-0.25, -0.2) is 0 Å². The molecule has 0 unspecified atom stereocenters. The van der Waals surface area contributed by atoms with Crippen molar-refractivity contribution in [2.45, 2.75) is 30.6 Å². The van der Waals surface area contributed by atoms with Crippen LogP contribution in [0.2, 0.25) is 0 Å². The molecule has 0 radical (unpaired) electrons.